The van der Waals surface area contributed by atoms with Gasteiger partial charge in [0.15, 0.2) is 9.84 Å². The van der Waals surface area contributed by atoms with Crippen LogP contribution in [0.1, 0.15) is 6.42 Å². The molecule has 1 aromatic carbocycles. The molecule has 120 valence electrons. The minimum atomic E-state index is -4.09. The molecule has 1 heterocycles. The van der Waals surface area contributed by atoms with Crippen LogP contribution in [0.4, 0.5) is 9.18 Å². The minimum Gasteiger partial charge on any atom is -0.480 e. The zero-order valence-corrected chi connectivity index (χ0v) is 12.5. The summed E-state index contributed by atoms with van der Waals surface area (Å²) in [6, 6.07) is 1.27. The predicted molar refractivity (Wildman–Crippen MR) is 73.2 cm³/mol. The lowest BCUT2D eigenvalue weighted by Gasteiger charge is -2.16. The number of carboxylic acids is 1. The van der Waals surface area contributed by atoms with Crippen LogP contribution in [0.2, 0.25) is 5.02 Å². The molecular weight excluding hydrogens is 341 g/mol. The Morgan fingerprint density at radius 3 is 2.41 bits per heavy atom. The van der Waals surface area contributed by atoms with Gasteiger partial charge >= 0.3 is 12.1 Å². The highest BCUT2D eigenvalue weighted by Gasteiger charge is 2.46. The standard InChI is InChI=1S/C12H11ClFNO6S/c13-8-3-6(14)1-2-10(8)22(20,21)7-4-9(11(16)17)15(5-7)12(18)19/h1-3,7,9H,4-5H2,(H,16,17)(H,18,19)/t7-,9+/m1/s1. The van der Waals surface area contributed by atoms with Crippen molar-refractivity contribution in [2.45, 2.75) is 22.6 Å². The first-order valence-corrected chi connectivity index (χ1v) is 7.98. The van der Waals surface area contributed by atoms with E-state index in [2.05, 4.69) is 0 Å². The van der Waals surface area contributed by atoms with Gasteiger partial charge in [-0.1, -0.05) is 11.6 Å². The Bertz CT molecular complexity index is 715. The SMILES string of the molecule is O=C(O)[C@@H]1C[C@@H](S(=O)(=O)c2ccc(F)cc2Cl)CN1C(=O)O. The van der Waals surface area contributed by atoms with Crippen molar-refractivity contribution in [1.82, 2.24) is 4.90 Å². The van der Waals surface area contributed by atoms with Crippen molar-refractivity contribution >= 4 is 33.5 Å². The van der Waals surface area contributed by atoms with E-state index in [1.54, 1.807) is 0 Å². The third-order valence-corrected chi connectivity index (χ3v) is 6.05. The average Bonchev–Trinajstić information content (AvgIpc) is 2.84. The van der Waals surface area contributed by atoms with Crippen molar-refractivity contribution in [2.24, 2.45) is 0 Å². The molecule has 1 saturated heterocycles. The lowest BCUT2D eigenvalue weighted by Crippen LogP contribution is -2.39. The molecule has 2 atom stereocenters. The Kier molecular flexibility index (Phi) is 4.30. The Labute approximate surface area is 129 Å². The van der Waals surface area contributed by atoms with Gasteiger partial charge in [0.25, 0.3) is 0 Å². The van der Waals surface area contributed by atoms with Gasteiger partial charge in [-0.05, 0) is 24.6 Å². The lowest BCUT2D eigenvalue weighted by atomic mass is 10.2. The number of rotatable bonds is 3. The van der Waals surface area contributed by atoms with E-state index in [4.69, 9.17) is 21.8 Å². The number of hydrogen-bond acceptors (Lipinski definition) is 4. The third-order valence-electron chi connectivity index (χ3n) is 3.43. The number of halogens is 2. The van der Waals surface area contributed by atoms with Gasteiger partial charge in [-0.25, -0.2) is 22.4 Å². The Morgan fingerprint density at radius 1 is 1.32 bits per heavy atom. The highest BCUT2D eigenvalue weighted by atomic mass is 35.5. The number of nitrogens with zero attached hydrogens (tertiary/aromatic N) is 1. The van der Waals surface area contributed by atoms with Crippen molar-refractivity contribution < 1.29 is 32.6 Å². The second-order valence-electron chi connectivity index (χ2n) is 4.77. The molecule has 7 nitrogen and oxygen atoms in total. The first kappa shape index (κ1) is 16.5. The Balaban J connectivity index is 2.39. The van der Waals surface area contributed by atoms with Crippen LogP contribution in [0.5, 0.6) is 0 Å². The molecule has 1 aliphatic heterocycles. The normalized spacial score (nSPS) is 21.8. The second kappa shape index (κ2) is 5.73. The third kappa shape index (κ3) is 2.86. The van der Waals surface area contributed by atoms with E-state index in [1.807, 2.05) is 0 Å². The molecule has 0 radical (unpaired) electrons. The molecule has 22 heavy (non-hydrogen) atoms. The molecule has 2 rings (SSSR count). The summed E-state index contributed by atoms with van der Waals surface area (Å²) in [6.45, 7) is -0.484. The maximum atomic E-state index is 13.0. The van der Waals surface area contributed by atoms with Gasteiger partial charge in [-0.15, -0.1) is 0 Å². The fourth-order valence-corrected chi connectivity index (χ4v) is 4.58. The van der Waals surface area contributed by atoms with Crippen LogP contribution >= 0.6 is 11.6 Å². The summed E-state index contributed by atoms with van der Waals surface area (Å²) in [5, 5.41) is 16.4. The number of amides is 1. The van der Waals surface area contributed by atoms with Crippen LogP contribution in [-0.4, -0.2) is 53.4 Å². The first-order valence-electron chi connectivity index (χ1n) is 6.06. The minimum absolute atomic E-state index is 0.333. The molecule has 0 aromatic heterocycles. The van der Waals surface area contributed by atoms with E-state index in [-0.39, 0.29) is 9.92 Å². The van der Waals surface area contributed by atoms with Crippen LogP contribution in [-0.2, 0) is 14.6 Å². The van der Waals surface area contributed by atoms with Gasteiger partial charge in [0, 0.05) is 6.54 Å². The van der Waals surface area contributed by atoms with Crippen LogP contribution in [0.3, 0.4) is 0 Å². The Hall–Kier alpha value is -1.87. The summed E-state index contributed by atoms with van der Waals surface area (Å²) in [5.41, 5.74) is 0. The van der Waals surface area contributed by atoms with Gasteiger partial charge in [0.2, 0.25) is 0 Å². The molecule has 0 bridgehead atoms. The summed E-state index contributed by atoms with van der Waals surface area (Å²) in [6.07, 6.45) is -1.91. The maximum Gasteiger partial charge on any atom is 0.408 e. The summed E-state index contributed by atoms with van der Waals surface area (Å²) >= 11 is 5.72. The van der Waals surface area contributed by atoms with E-state index in [1.165, 1.54) is 0 Å². The van der Waals surface area contributed by atoms with Crippen molar-refractivity contribution in [3.8, 4) is 0 Å². The summed E-state index contributed by atoms with van der Waals surface area (Å²) in [7, 11) is -4.09. The second-order valence-corrected chi connectivity index (χ2v) is 7.37. The molecule has 1 aliphatic rings. The number of likely N-dealkylation sites (tertiary alicyclic amines) is 1. The summed E-state index contributed by atoms with van der Waals surface area (Å²) in [5.74, 6) is -2.14. The Morgan fingerprint density at radius 2 is 1.95 bits per heavy atom. The fraction of sp³-hybridized carbons (Fsp3) is 0.333. The van der Waals surface area contributed by atoms with Gasteiger partial charge in [-0.2, -0.15) is 0 Å². The van der Waals surface area contributed by atoms with Gasteiger partial charge in [-0.3, -0.25) is 4.90 Å². The highest BCUT2D eigenvalue weighted by Crippen LogP contribution is 2.32. The quantitative estimate of drug-likeness (QED) is 0.797. The number of carboxylic acid groups (broad SMARTS) is 2. The molecule has 1 fully saturated rings. The van der Waals surface area contributed by atoms with Crippen molar-refractivity contribution in [1.29, 1.82) is 0 Å². The van der Waals surface area contributed by atoms with Crippen molar-refractivity contribution in [3.05, 3.63) is 29.0 Å². The van der Waals surface area contributed by atoms with Crippen LogP contribution in [0.15, 0.2) is 23.1 Å². The molecular formula is C12H11ClFNO6S. The molecule has 1 aromatic rings. The van der Waals surface area contributed by atoms with E-state index in [9.17, 15) is 22.4 Å². The molecule has 0 spiro atoms. The summed E-state index contributed by atoms with van der Waals surface area (Å²) in [4.78, 5) is 22.3. The molecule has 1 amide bonds. The first-order chi connectivity index (χ1) is 10.1. The number of benzene rings is 1. The summed E-state index contributed by atoms with van der Waals surface area (Å²) < 4.78 is 38.0. The number of aliphatic carboxylic acids is 1. The molecule has 10 heteroatoms. The molecule has 0 unspecified atom stereocenters. The van der Waals surface area contributed by atoms with E-state index < -0.39 is 52.0 Å². The largest absolute Gasteiger partial charge is 0.480 e. The smallest absolute Gasteiger partial charge is 0.408 e. The van der Waals surface area contributed by atoms with E-state index >= 15 is 0 Å². The van der Waals surface area contributed by atoms with E-state index in [0.29, 0.717) is 4.90 Å². The van der Waals surface area contributed by atoms with Crippen LogP contribution < -0.4 is 0 Å². The topological polar surface area (TPSA) is 112 Å². The molecule has 0 aliphatic carbocycles. The zero-order valence-electron chi connectivity index (χ0n) is 10.9. The monoisotopic (exact) mass is 351 g/mol. The lowest BCUT2D eigenvalue weighted by molar-refractivity contribution is -0.141. The maximum absolute atomic E-state index is 13.0. The van der Waals surface area contributed by atoms with Crippen molar-refractivity contribution in [2.75, 3.05) is 6.54 Å². The van der Waals surface area contributed by atoms with Gasteiger partial charge in [0.1, 0.15) is 11.9 Å². The van der Waals surface area contributed by atoms with Crippen LogP contribution in [0, 0.1) is 5.82 Å². The predicted octanol–water partition coefficient (Wildman–Crippen LogP) is 1.46. The van der Waals surface area contributed by atoms with Gasteiger partial charge in [0.05, 0.1) is 15.2 Å². The molecule has 0 saturated carbocycles. The van der Waals surface area contributed by atoms with Crippen LogP contribution in [0.25, 0.3) is 0 Å². The average molecular weight is 352 g/mol. The van der Waals surface area contributed by atoms with E-state index in [0.717, 1.165) is 18.2 Å². The highest BCUT2D eigenvalue weighted by molar-refractivity contribution is 7.92. The number of sulfone groups is 1. The van der Waals surface area contributed by atoms with Gasteiger partial charge < -0.3 is 10.2 Å². The zero-order chi connectivity index (χ0) is 16.7. The number of hydrogen-bond donors (Lipinski definition) is 2. The van der Waals surface area contributed by atoms with Crippen molar-refractivity contribution in [3.63, 3.8) is 0 Å². The molecule has 2 N–H and O–H groups in total. The number of carbonyl (C=O) groups is 2. The fourth-order valence-electron chi connectivity index (χ4n) is 2.35.